The Morgan fingerprint density at radius 1 is 0.941 bits per heavy atom. The summed E-state index contributed by atoms with van der Waals surface area (Å²) >= 11 is 0. The number of nitrogens with two attached hydrogens (primary N) is 3. The van der Waals surface area contributed by atoms with E-state index in [1.807, 2.05) is 0 Å². The largest absolute Gasteiger partial charge is 0.466 e. The normalized spacial score (nSPS) is 12.6. The third-order valence-corrected chi connectivity index (χ3v) is 0.891. The Kier molecular flexibility index (Phi) is 6.31. The Hall–Kier alpha value is -1.52. The summed E-state index contributed by atoms with van der Waals surface area (Å²) in [4.78, 5) is 32.0. The predicted molar refractivity (Wildman–Crippen MR) is 58.1 cm³/mol. The van der Waals surface area contributed by atoms with Crippen LogP contribution in [0.25, 0.3) is 0 Å². The van der Waals surface area contributed by atoms with Crippen LogP contribution in [-0.2, 0) is 9.30 Å². The Morgan fingerprint density at radius 2 is 1.12 bits per heavy atom. The third kappa shape index (κ3) is 17.1. The number of hydrogen-bond donors (Lipinski definition) is 6. The van der Waals surface area contributed by atoms with Gasteiger partial charge in [0.1, 0.15) is 0 Å². The summed E-state index contributed by atoms with van der Waals surface area (Å²) in [7, 11) is -4.64. The van der Waals surface area contributed by atoms with Crippen LogP contribution in [0.5, 0.6) is 0 Å². The molecule has 1 aromatic heterocycles. The number of ether oxygens (including phenoxy) is 1. The van der Waals surface area contributed by atoms with Crippen molar-refractivity contribution >= 4 is 25.7 Å². The van der Waals surface area contributed by atoms with Gasteiger partial charge in [-0.15, -0.1) is 0 Å². The van der Waals surface area contributed by atoms with Crippen LogP contribution in [0.15, 0.2) is 0 Å². The topological polar surface area (TPSA) is 207 Å². The van der Waals surface area contributed by atoms with Gasteiger partial charge < -0.3 is 36.6 Å². The van der Waals surface area contributed by atoms with E-state index in [9.17, 15) is 0 Å². The number of aromatic nitrogens is 3. The van der Waals surface area contributed by atoms with Gasteiger partial charge in [-0.25, -0.2) is 4.57 Å². The molecule has 11 nitrogen and oxygen atoms in total. The highest BCUT2D eigenvalue weighted by atomic mass is 31.2. The zero-order valence-corrected chi connectivity index (χ0v) is 9.49. The lowest BCUT2D eigenvalue weighted by molar-refractivity contribution is 0.275. The maximum Gasteiger partial charge on any atom is 0.466 e. The summed E-state index contributed by atoms with van der Waals surface area (Å²) in [5.41, 5.74) is 15.4. The summed E-state index contributed by atoms with van der Waals surface area (Å²) in [6, 6.07) is 0. The van der Waals surface area contributed by atoms with Crippen molar-refractivity contribution in [3.8, 4) is 0 Å². The van der Waals surface area contributed by atoms with Crippen molar-refractivity contribution in [1.29, 1.82) is 0 Å². The molecule has 1 fully saturated rings. The molecular formula is C5H13N6O5P. The van der Waals surface area contributed by atoms with E-state index in [-0.39, 0.29) is 17.8 Å². The molecule has 2 heterocycles. The van der Waals surface area contributed by atoms with Gasteiger partial charge in [-0.2, -0.15) is 15.0 Å². The molecule has 0 unspecified atom stereocenters. The summed E-state index contributed by atoms with van der Waals surface area (Å²) in [6.07, 6.45) is 0. The number of epoxide rings is 1. The van der Waals surface area contributed by atoms with Crippen molar-refractivity contribution in [2.75, 3.05) is 30.4 Å². The molecule has 0 aromatic carbocycles. The molecule has 0 bridgehead atoms. The fourth-order valence-electron chi connectivity index (χ4n) is 0.427. The Bertz CT molecular complexity index is 333. The first-order valence-corrected chi connectivity index (χ1v) is 5.63. The zero-order chi connectivity index (χ0) is 13.5. The average molecular weight is 268 g/mol. The van der Waals surface area contributed by atoms with E-state index < -0.39 is 7.82 Å². The van der Waals surface area contributed by atoms with E-state index in [0.717, 1.165) is 13.2 Å². The van der Waals surface area contributed by atoms with Crippen molar-refractivity contribution in [2.45, 2.75) is 0 Å². The fourth-order valence-corrected chi connectivity index (χ4v) is 0.427. The van der Waals surface area contributed by atoms with Crippen LogP contribution in [0.2, 0.25) is 0 Å². The first-order valence-electron chi connectivity index (χ1n) is 4.07. The molecule has 0 amide bonds. The lowest BCUT2D eigenvalue weighted by Gasteiger charge is -1.93. The van der Waals surface area contributed by atoms with Gasteiger partial charge in [-0.1, -0.05) is 0 Å². The molecular weight excluding hydrogens is 255 g/mol. The molecule has 1 aliphatic heterocycles. The monoisotopic (exact) mass is 268 g/mol. The van der Waals surface area contributed by atoms with Crippen LogP contribution in [0, 0.1) is 0 Å². The van der Waals surface area contributed by atoms with Crippen molar-refractivity contribution in [3.63, 3.8) is 0 Å². The molecule has 9 N–H and O–H groups in total. The predicted octanol–water partition coefficient (Wildman–Crippen LogP) is -2.29. The van der Waals surface area contributed by atoms with E-state index >= 15 is 0 Å². The van der Waals surface area contributed by atoms with Crippen LogP contribution in [-0.4, -0.2) is 42.8 Å². The molecule has 0 atom stereocenters. The van der Waals surface area contributed by atoms with Gasteiger partial charge >= 0.3 is 7.82 Å². The number of anilines is 3. The van der Waals surface area contributed by atoms with Crippen LogP contribution in [0.3, 0.4) is 0 Å². The Labute approximate surface area is 95.9 Å². The van der Waals surface area contributed by atoms with Gasteiger partial charge in [-0.05, 0) is 0 Å². The lowest BCUT2D eigenvalue weighted by Crippen LogP contribution is -2.05. The van der Waals surface area contributed by atoms with Gasteiger partial charge in [0.25, 0.3) is 0 Å². The van der Waals surface area contributed by atoms with Gasteiger partial charge in [-0.3, -0.25) is 0 Å². The van der Waals surface area contributed by atoms with Gasteiger partial charge in [0.15, 0.2) is 0 Å². The molecule has 2 rings (SSSR count). The third-order valence-electron chi connectivity index (χ3n) is 0.891. The van der Waals surface area contributed by atoms with Gasteiger partial charge in [0, 0.05) is 0 Å². The summed E-state index contributed by atoms with van der Waals surface area (Å²) < 4.78 is 13.4. The van der Waals surface area contributed by atoms with Crippen molar-refractivity contribution < 1.29 is 24.0 Å². The minimum Gasteiger partial charge on any atom is -0.377 e. The second-order valence-electron chi connectivity index (χ2n) is 2.54. The lowest BCUT2D eigenvalue weighted by atomic mass is 10.9. The van der Waals surface area contributed by atoms with Gasteiger partial charge in [0.2, 0.25) is 17.8 Å². The fraction of sp³-hybridized carbons (Fsp3) is 0.400. The Balaban J connectivity index is 0.000000268. The summed E-state index contributed by atoms with van der Waals surface area (Å²) in [6.45, 7) is 2.00. The zero-order valence-electron chi connectivity index (χ0n) is 8.59. The summed E-state index contributed by atoms with van der Waals surface area (Å²) in [5, 5.41) is 0. The molecule has 12 heteroatoms. The first kappa shape index (κ1) is 15.5. The highest BCUT2D eigenvalue weighted by Gasteiger charge is 2.00. The number of rotatable bonds is 0. The van der Waals surface area contributed by atoms with E-state index in [0.29, 0.717) is 0 Å². The number of nitrogens with zero attached hydrogens (tertiary/aromatic N) is 3. The molecule has 0 saturated carbocycles. The second-order valence-corrected chi connectivity index (χ2v) is 3.56. The van der Waals surface area contributed by atoms with E-state index in [4.69, 9.17) is 36.4 Å². The number of hydrogen-bond acceptors (Lipinski definition) is 8. The molecule has 0 spiro atoms. The van der Waals surface area contributed by atoms with Crippen LogP contribution >= 0.6 is 7.82 Å². The van der Waals surface area contributed by atoms with E-state index in [1.165, 1.54) is 0 Å². The Morgan fingerprint density at radius 3 is 1.24 bits per heavy atom. The maximum absolute atomic E-state index is 8.88. The number of nitrogen functional groups attached to an aromatic ring is 3. The van der Waals surface area contributed by atoms with E-state index in [2.05, 4.69) is 19.7 Å². The quantitative estimate of drug-likeness (QED) is 0.218. The van der Waals surface area contributed by atoms with E-state index in [1.54, 1.807) is 0 Å². The second kappa shape index (κ2) is 6.93. The molecule has 98 valence electrons. The standard InChI is InChI=1S/C3H6N6.C2H4O.H3O4P/c4-1-7-2(5)9-3(6)8-1;1-2-3-1;1-5(2,3)4/h(H6,4,5,6,7,8,9);1-2H2;(H3,1,2,3,4). The minimum absolute atomic E-state index is 0.0417. The SMILES string of the molecule is C1CO1.Nc1nc(N)nc(N)n1.O=P(O)(O)O. The first-order chi connectivity index (χ1) is 7.68. The minimum atomic E-state index is -4.64. The highest BCUT2D eigenvalue weighted by molar-refractivity contribution is 7.45. The molecule has 1 saturated heterocycles. The van der Waals surface area contributed by atoms with Crippen molar-refractivity contribution in [3.05, 3.63) is 0 Å². The van der Waals surface area contributed by atoms with Crippen LogP contribution in [0.1, 0.15) is 0 Å². The van der Waals surface area contributed by atoms with Gasteiger partial charge in [0.05, 0.1) is 13.2 Å². The molecule has 1 aromatic rings. The molecule has 0 radical (unpaired) electrons. The van der Waals surface area contributed by atoms with Crippen LogP contribution in [0.4, 0.5) is 17.8 Å². The van der Waals surface area contributed by atoms with Crippen molar-refractivity contribution in [2.24, 2.45) is 0 Å². The highest BCUT2D eigenvalue weighted by Crippen LogP contribution is 2.25. The van der Waals surface area contributed by atoms with Crippen molar-refractivity contribution in [1.82, 2.24) is 15.0 Å². The maximum atomic E-state index is 8.88. The van der Waals surface area contributed by atoms with Crippen LogP contribution < -0.4 is 17.2 Å². The summed E-state index contributed by atoms with van der Waals surface area (Å²) in [5.74, 6) is 0.125. The smallest absolute Gasteiger partial charge is 0.377 e. The molecule has 1 aliphatic rings. The molecule has 0 aliphatic carbocycles. The molecule has 17 heavy (non-hydrogen) atoms. The number of phosphoric acid groups is 1. The average Bonchev–Trinajstić information content (AvgIpc) is 2.80.